The standard InChI is InChI=1S/C10H12N2O2.C10H11NO2.C2H6/c1-10(2)7-3-8(9(11)13)12-4-6(7)5-14-10;1-11-8-4-2-3-5-9(8)13-7-6-10(11)12;1-2/h3-4H,5H2,1-2H3,(H2,11,13);2-5H,6-7H2,1H3;1-2H3. The maximum atomic E-state index is 11.4. The maximum absolute atomic E-state index is 11.4. The number of amides is 2. The van der Waals surface area contributed by atoms with Crippen molar-refractivity contribution in [3.8, 4) is 5.75 Å². The first kappa shape index (κ1) is 22.4. The summed E-state index contributed by atoms with van der Waals surface area (Å²) < 4.78 is 11.0. The van der Waals surface area contributed by atoms with Crippen LogP contribution in [0.5, 0.6) is 5.75 Å². The summed E-state index contributed by atoms with van der Waals surface area (Å²) in [5.74, 6) is 0.385. The van der Waals surface area contributed by atoms with Gasteiger partial charge in [0, 0.05) is 18.8 Å². The number of hydrogen-bond donors (Lipinski definition) is 1. The van der Waals surface area contributed by atoms with E-state index in [2.05, 4.69) is 4.98 Å². The lowest BCUT2D eigenvalue weighted by Gasteiger charge is -2.18. The number of anilines is 1. The van der Waals surface area contributed by atoms with Crippen LogP contribution in [0.25, 0.3) is 0 Å². The van der Waals surface area contributed by atoms with Crippen molar-refractivity contribution in [3.05, 3.63) is 53.3 Å². The summed E-state index contributed by atoms with van der Waals surface area (Å²) in [5.41, 5.74) is 7.98. The zero-order valence-corrected chi connectivity index (χ0v) is 17.7. The van der Waals surface area contributed by atoms with Crippen molar-refractivity contribution in [2.45, 2.75) is 46.3 Å². The van der Waals surface area contributed by atoms with E-state index in [0.29, 0.717) is 25.3 Å². The van der Waals surface area contributed by atoms with E-state index in [9.17, 15) is 9.59 Å². The van der Waals surface area contributed by atoms with Crippen LogP contribution in [-0.4, -0.2) is 30.5 Å². The Bertz CT molecular complexity index is 880. The molecule has 0 spiro atoms. The van der Waals surface area contributed by atoms with Crippen LogP contribution in [0.15, 0.2) is 36.5 Å². The van der Waals surface area contributed by atoms with Crippen LogP contribution < -0.4 is 15.4 Å². The van der Waals surface area contributed by atoms with Crippen molar-refractivity contribution in [2.24, 2.45) is 5.73 Å². The summed E-state index contributed by atoms with van der Waals surface area (Å²) in [6, 6.07) is 9.29. The van der Waals surface area contributed by atoms with Gasteiger partial charge in [0.1, 0.15) is 11.4 Å². The minimum atomic E-state index is -0.504. The van der Waals surface area contributed by atoms with E-state index in [1.165, 1.54) is 0 Å². The molecule has 0 radical (unpaired) electrons. The monoisotopic (exact) mass is 399 g/mol. The first-order valence-electron chi connectivity index (χ1n) is 9.71. The number of hydrogen-bond acceptors (Lipinski definition) is 5. The molecule has 0 unspecified atom stereocenters. The van der Waals surface area contributed by atoms with E-state index >= 15 is 0 Å². The van der Waals surface area contributed by atoms with Gasteiger partial charge in [0.15, 0.2) is 0 Å². The summed E-state index contributed by atoms with van der Waals surface area (Å²) in [6.45, 7) is 8.95. The van der Waals surface area contributed by atoms with Crippen LogP contribution in [-0.2, 0) is 21.7 Å². The van der Waals surface area contributed by atoms with Gasteiger partial charge in [0.25, 0.3) is 5.91 Å². The second-order valence-corrected chi connectivity index (χ2v) is 6.91. The van der Waals surface area contributed by atoms with Gasteiger partial charge in [0.05, 0.1) is 30.9 Å². The van der Waals surface area contributed by atoms with Gasteiger partial charge >= 0.3 is 0 Å². The van der Waals surface area contributed by atoms with Gasteiger partial charge in [0.2, 0.25) is 5.91 Å². The third-order valence-corrected chi connectivity index (χ3v) is 4.65. The number of carbonyl (C=O) groups is 2. The molecule has 2 aromatic rings. The molecule has 0 atom stereocenters. The van der Waals surface area contributed by atoms with E-state index in [0.717, 1.165) is 22.6 Å². The quantitative estimate of drug-likeness (QED) is 0.793. The van der Waals surface area contributed by atoms with Gasteiger partial charge in [-0.15, -0.1) is 0 Å². The molecule has 3 heterocycles. The number of ether oxygens (including phenoxy) is 2. The number of primary amides is 1. The molecule has 2 N–H and O–H groups in total. The predicted octanol–water partition coefficient (Wildman–Crippen LogP) is 3.40. The fraction of sp³-hybridized carbons (Fsp3) is 0.409. The molecule has 4 rings (SSSR count). The smallest absolute Gasteiger partial charge is 0.267 e. The van der Waals surface area contributed by atoms with Gasteiger partial charge < -0.3 is 20.1 Å². The molecule has 0 aliphatic carbocycles. The highest BCUT2D eigenvalue weighted by Gasteiger charge is 2.31. The number of nitrogens with zero attached hydrogens (tertiary/aromatic N) is 2. The Balaban J connectivity index is 0.000000191. The molecule has 156 valence electrons. The van der Waals surface area contributed by atoms with Crippen LogP contribution in [0.2, 0.25) is 0 Å². The Labute approximate surface area is 171 Å². The Morgan fingerprint density at radius 2 is 1.93 bits per heavy atom. The summed E-state index contributed by atoms with van der Waals surface area (Å²) in [6.07, 6.45) is 2.11. The number of benzene rings is 1. The largest absolute Gasteiger partial charge is 0.491 e. The molecule has 0 fully saturated rings. The lowest BCUT2D eigenvalue weighted by atomic mass is 9.97. The molecule has 7 heteroatoms. The maximum Gasteiger partial charge on any atom is 0.267 e. The molecule has 7 nitrogen and oxygen atoms in total. The minimum Gasteiger partial charge on any atom is -0.491 e. The Morgan fingerprint density at radius 3 is 2.62 bits per heavy atom. The number of rotatable bonds is 1. The lowest BCUT2D eigenvalue weighted by molar-refractivity contribution is -0.118. The zero-order chi connectivity index (χ0) is 21.6. The summed E-state index contributed by atoms with van der Waals surface area (Å²) >= 11 is 0. The van der Waals surface area contributed by atoms with Crippen LogP contribution >= 0.6 is 0 Å². The van der Waals surface area contributed by atoms with E-state index in [-0.39, 0.29) is 11.5 Å². The van der Waals surface area contributed by atoms with Crippen molar-refractivity contribution in [1.82, 2.24) is 4.98 Å². The molecular formula is C22H29N3O4. The molecule has 2 aliphatic rings. The number of pyridine rings is 1. The van der Waals surface area contributed by atoms with Crippen LogP contribution in [0, 0.1) is 0 Å². The third-order valence-electron chi connectivity index (χ3n) is 4.65. The van der Waals surface area contributed by atoms with Crippen molar-refractivity contribution in [2.75, 3.05) is 18.6 Å². The number of carbonyl (C=O) groups excluding carboxylic acids is 2. The lowest BCUT2D eigenvalue weighted by Crippen LogP contribution is -2.24. The number of aromatic nitrogens is 1. The second kappa shape index (κ2) is 9.52. The molecule has 29 heavy (non-hydrogen) atoms. The number of fused-ring (bicyclic) bond motifs is 2. The normalized spacial score (nSPS) is 16.0. The topological polar surface area (TPSA) is 94.8 Å². The van der Waals surface area contributed by atoms with Gasteiger partial charge in [-0.3, -0.25) is 14.6 Å². The summed E-state index contributed by atoms with van der Waals surface area (Å²) in [4.78, 5) is 28.0. The van der Waals surface area contributed by atoms with Crippen LogP contribution in [0.4, 0.5) is 5.69 Å². The van der Waals surface area contributed by atoms with E-state index in [1.807, 2.05) is 52.0 Å². The number of nitrogens with two attached hydrogens (primary N) is 1. The fourth-order valence-electron chi connectivity index (χ4n) is 3.04. The molecule has 0 bridgehead atoms. The zero-order valence-electron chi connectivity index (χ0n) is 17.7. The van der Waals surface area contributed by atoms with E-state index in [1.54, 1.807) is 24.2 Å². The van der Waals surface area contributed by atoms with Crippen molar-refractivity contribution in [1.29, 1.82) is 0 Å². The van der Waals surface area contributed by atoms with E-state index < -0.39 is 5.91 Å². The highest BCUT2D eigenvalue weighted by Crippen LogP contribution is 2.35. The molecule has 0 saturated heterocycles. The Hall–Kier alpha value is -2.93. The Morgan fingerprint density at radius 1 is 1.24 bits per heavy atom. The molecule has 2 aliphatic heterocycles. The molecule has 1 aromatic carbocycles. The predicted molar refractivity (Wildman–Crippen MR) is 112 cm³/mol. The van der Waals surface area contributed by atoms with E-state index in [4.69, 9.17) is 15.2 Å². The minimum absolute atomic E-state index is 0.102. The van der Waals surface area contributed by atoms with Gasteiger partial charge in [-0.2, -0.15) is 0 Å². The average molecular weight is 399 g/mol. The summed E-state index contributed by atoms with van der Waals surface area (Å²) in [7, 11) is 1.77. The highest BCUT2D eigenvalue weighted by atomic mass is 16.5. The fourth-order valence-corrected chi connectivity index (χ4v) is 3.04. The second-order valence-electron chi connectivity index (χ2n) is 6.91. The van der Waals surface area contributed by atoms with Crippen molar-refractivity contribution < 1.29 is 19.1 Å². The van der Waals surface area contributed by atoms with Gasteiger partial charge in [-0.05, 0) is 37.6 Å². The molecular weight excluding hydrogens is 370 g/mol. The highest BCUT2D eigenvalue weighted by molar-refractivity contribution is 5.95. The molecule has 2 amide bonds. The van der Waals surface area contributed by atoms with Crippen molar-refractivity contribution >= 4 is 17.5 Å². The van der Waals surface area contributed by atoms with Crippen LogP contribution in [0.3, 0.4) is 0 Å². The molecule has 0 saturated carbocycles. The van der Waals surface area contributed by atoms with Crippen LogP contribution in [0.1, 0.15) is 55.7 Å². The first-order valence-corrected chi connectivity index (χ1v) is 9.71. The summed E-state index contributed by atoms with van der Waals surface area (Å²) in [5, 5.41) is 0. The van der Waals surface area contributed by atoms with Crippen molar-refractivity contribution in [3.63, 3.8) is 0 Å². The molecule has 1 aromatic heterocycles. The third kappa shape index (κ3) is 5.12. The SMILES string of the molecule is CC.CC1(C)OCc2cnc(C(N)=O)cc21.CN1C(=O)CCOc2ccccc21. The Kier molecular flexibility index (Phi) is 7.34. The van der Waals surface area contributed by atoms with Gasteiger partial charge in [-0.25, -0.2) is 0 Å². The average Bonchev–Trinajstić information content (AvgIpc) is 2.95. The van der Waals surface area contributed by atoms with Gasteiger partial charge in [-0.1, -0.05) is 26.0 Å². The first-order chi connectivity index (χ1) is 13.8. The number of para-hydroxylation sites is 2.